The fourth-order valence-electron chi connectivity index (χ4n) is 9.98. The quantitative estimate of drug-likeness (QED) is 0.0402. The summed E-state index contributed by atoms with van der Waals surface area (Å²) in [6.07, 6.45) is 4.16. The molecule has 2 aliphatic heterocycles. The Hall–Kier alpha value is -6.30. The first-order chi connectivity index (χ1) is 38.3. The van der Waals surface area contributed by atoms with Crippen LogP contribution in [0.25, 0.3) is 0 Å². The lowest BCUT2D eigenvalue weighted by Crippen LogP contribution is -2.55. The molecule has 0 aliphatic carbocycles. The normalized spacial score (nSPS) is 17.2. The molecule has 436 valence electrons. The number of likely N-dealkylation sites (N-methyl/N-ethyl adjacent to an activating group) is 2. The maximum absolute atomic E-state index is 14.5. The van der Waals surface area contributed by atoms with Crippen molar-refractivity contribution in [2.75, 3.05) is 66.5 Å². The van der Waals surface area contributed by atoms with Gasteiger partial charge in [0.25, 0.3) is 0 Å². The predicted octanol–water partition coefficient (Wildman–Crippen LogP) is 4.33. The second kappa shape index (κ2) is 30.5. The first kappa shape index (κ1) is 62.9. The van der Waals surface area contributed by atoms with Gasteiger partial charge in [-0.05, 0) is 147 Å². The number of amides is 6. The van der Waals surface area contributed by atoms with Crippen LogP contribution in [0, 0.1) is 12.7 Å². The molecular formula is C58H81FN10O9S2. The first-order valence-electron chi connectivity index (χ1n) is 27.8. The molecule has 22 heteroatoms. The van der Waals surface area contributed by atoms with Crippen LogP contribution in [0.2, 0.25) is 0 Å². The molecule has 6 atom stereocenters. The lowest BCUT2D eigenvalue weighted by Gasteiger charge is -2.33. The lowest BCUT2D eigenvalue weighted by molar-refractivity contribution is -0.138. The monoisotopic (exact) mass is 1140 g/mol. The molecule has 0 unspecified atom stereocenters. The SMILES string of the molecule is CN[C@@H](C)C(=O)N[C@@H](CCCNC(=O)NCCC[C@H](NC(=O)[C@H](C)NC)C(=O)N1CCC[C@H]1CN(CCc1ccccc1)S(=O)(=O)c1ccc(F)cc1)C(=O)N1CCC[C@H]1CN(CCc1ccccc1)S(=O)(=O)c1ccc(C)cc1. The molecule has 0 spiro atoms. The molecule has 2 saturated heterocycles. The van der Waals surface area contributed by atoms with E-state index >= 15 is 0 Å². The number of carbonyl (C=O) groups excluding carboxylic acids is 5. The molecule has 6 rings (SSSR count). The molecule has 0 aromatic heterocycles. The summed E-state index contributed by atoms with van der Waals surface area (Å²) in [5.41, 5.74) is 2.83. The van der Waals surface area contributed by atoms with Crippen molar-refractivity contribution in [1.82, 2.24) is 50.3 Å². The Kier molecular flexibility index (Phi) is 24.0. The number of aryl methyl sites for hydroxylation is 1. The van der Waals surface area contributed by atoms with Gasteiger partial charge in [-0.2, -0.15) is 8.61 Å². The Morgan fingerprint density at radius 2 is 0.975 bits per heavy atom. The number of nitrogens with one attached hydrogen (secondary N) is 6. The zero-order valence-corrected chi connectivity index (χ0v) is 48.4. The van der Waals surface area contributed by atoms with Crippen molar-refractivity contribution < 1.29 is 45.2 Å². The molecule has 6 N–H and O–H groups in total. The van der Waals surface area contributed by atoms with Crippen LogP contribution in [0.15, 0.2) is 119 Å². The molecule has 6 amide bonds. The summed E-state index contributed by atoms with van der Waals surface area (Å²) in [6, 6.07) is 25.8. The average molecular weight is 1150 g/mol. The molecule has 19 nitrogen and oxygen atoms in total. The lowest BCUT2D eigenvalue weighted by atomic mass is 10.1. The summed E-state index contributed by atoms with van der Waals surface area (Å²) in [7, 11) is -4.80. The molecule has 0 radical (unpaired) electrons. The van der Waals surface area contributed by atoms with E-state index in [1.165, 1.54) is 20.7 Å². The zero-order valence-electron chi connectivity index (χ0n) is 46.7. The minimum absolute atomic E-state index is 0.0154. The van der Waals surface area contributed by atoms with Crippen molar-refractivity contribution in [3.63, 3.8) is 0 Å². The maximum atomic E-state index is 14.5. The molecule has 80 heavy (non-hydrogen) atoms. The van der Waals surface area contributed by atoms with Crippen molar-refractivity contribution in [1.29, 1.82) is 0 Å². The van der Waals surface area contributed by atoms with Crippen LogP contribution in [0.1, 0.15) is 81.9 Å². The standard InChI is InChI=1S/C58H81FN10O9S2/c1-42-24-28-50(29-25-42)79(75,76)66(38-32-45-16-8-6-9-17-45)40-48-20-14-36-68(48)56(72)52(64-54(70)43(2)60-4)22-12-34-62-58(74)63-35-13-23-53(65-55(71)44(3)61-5)57(73)69-37-15-21-49(69)41-67(39-33-46-18-10-7-11-19-46)80(77,78)51-30-26-47(59)27-31-51/h6-11,16-19,24-31,43-44,48-49,52-53,60-61H,12-15,20-23,32-41H2,1-5H3,(H,64,70)(H,65,71)(H2,62,63,74)/t43-,44-,48-,49-,52-,53-/m0/s1. The molecule has 4 aromatic rings. The number of urea groups is 1. The van der Waals surface area contributed by atoms with Crippen LogP contribution >= 0.6 is 0 Å². The van der Waals surface area contributed by atoms with Crippen molar-refractivity contribution in [3.05, 3.63) is 132 Å². The Morgan fingerprint density at radius 1 is 0.588 bits per heavy atom. The van der Waals surface area contributed by atoms with Crippen molar-refractivity contribution >= 4 is 49.7 Å². The Labute approximate surface area is 472 Å². The van der Waals surface area contributed by atoms with E-state index in [0.29, 0.717) is 58.0 Å². The van der Waals surface area contributed by atoms with E-state index < -0.39 is 74.1 Å². The molecule has 2 heterocycles. The highest BCUT2D eigenvalue weighted by molar-refractivity contribution is 7.89. The van der Waals surface area contributed by atoms with Crippen molar-refractivity contribution in [2.24, 2.45) is 0 Å². The Bertz CT molecular complexity index is 2680. The smallest absolute Gasteiger partial charge is 0.314 e. The van der Waals surface area contributed by atoms with Crippen LogP contribution in [-0.4, -0.2) is 168 Å². The number of rotatable bonds is 30. The number of hydrogen-bond acceptors (Lipinski definition) is 11. The molecule has 0 saturated carbocycles. The van der Waals surface area contributed by atoms with Crippen molar-refractivity contribution in [2.45, 2.75) is 131 Å². The number of likely N-dealkylation sites (tertiary alicyclic amines) is 2. The van der Waals surface area contributed by atoms with Gasteiger partial charge in [0.2, 0.25) is 43.7 Å². The van der Waals surface area contributed by atoms with Gasteiger partial charge in [-0.3, -0.25) is 19.2 Å². The minimum Gasteiger partial charge on any atom is -0.343 e. The summed E-state index contributed by atoms with van der Waals surface area (Å²) in [5, 5.41) is 17.2. The fraction of sp³-hybridized carbons (Fsp3) is 0.500. The predicted molar refractivity (Wildman–Crippen MR) is 306 cm³/mol. The van der Waals surface area contributed by atoms with Crippen molar-refractivity contribution in [3.8, 4) is 0 Å². The number of halogens is 1. The summed E-state index contributed by atoms with van der Waals surface area (Å²) in [5.74, 6) is -2.07. The van der Waals surface area contributed by atoms with E-state index in [-0.39, 0.29) is 86.0 Å². The second-order valence-corrected chi connectivity index (χ2v) is 24.6. The maximum Gasteiger partial charge on any atom is 0.314 e. The molecule has 2 aliphatic rings. The summed E-state index contributed by atoms with van der Waals surface area (Å²) in [6.45, 7) is 6.60. The topological polar surface area (TPSA) is 239 Å². The van der Waals surface area contributed by atoms with Gasteiger partial charge in [-0.15, -0.1) is 0 Å². The van der Waals surface area contributed by atoms with Gasteiger partial charge in [0.15, 0.2) is 0 Å². The van der Waals surface area contributed by atoms with Crippen LogP contribution in [0.4, 0.5) is 9.18 Å². The summed E-state index contributed by atoms with van der Waals surface area (Å²) in [4.78, 5) is 72.1. The van der Waals surface area contributed by atoms with E-state index in [2.05, 4.69) is 31.9 Å². The molecular weight excluding hydrogens is 1060 g/mol. The fourth-order valence-corrected chi connectivity index (χ4v) is 12.9. The van der Waals surface area contributed by atoms with Gasteiger partial charge in [-0.25, -0.2) is 26.0 Å². The first-order valence-corrected chi connectivity index (χ1v) is 30.7. The average Bonchev–Trinajstić information content (AvgIpc) is 4.17. The van der Waals surface area contributed by atoms with Crippen LogP contribution in [-0.2, 0) is 52.1 Å². The van der Waals surface area contributed by atoms with E-state index in [1.807, 2.05) is 67.6 Å². The van der Waals surface area contributed by atoms with Gasteiger partial charge in [0.1, 0.15) is 17.9 Å². The Balaban J connectivity index is 1.05. The molecule has 4 aromatic carbocycles. The van der Waals surface area contributed by atoms with Crippen LogP contribution in [0.3, 0.4) is 0 Å². The van der Waals surface area contributed by atoms with E-state index in [0.717, 1.165) is 28.8 Å². The second-order valence-electron chi connectivity index (χ2n) is 20.7. The van der Waals surface area contributed by atoms with Gasteiger partial charge < -0.3 is 41.7 Å². The molecule has 2 fully saturated rings. The van der Waals surface area contributed by atoms with Gasteiger partial charge >= 0.3 is 6.03 Å². The minimum atomic E-state index is -4.11. The highest BCUT2D eigenvalue weighted by Gasteiger charge is 2.39. The van der Waals surface area contributed by atoms with Gasteiger partial charge in [0, 0.05) is 64.4 Å². The highest BCUT2D eigenvalue weighted by atomic mass is 32.2. The largest absolute Gasteiger partial charge is 0.343 e. The van der Waals surface area contributed by atoms with E-state index in [9.17, 15) is 45.2 Å². The van der Waals surface area contributed by atoms with Gasteiger partial charge in [-0.1, -0.05) is 78.4 Å². The van der Waals surface area contributed by atoms with Crippen LogP contribution in [0.5, 0.6) is 0 Å². The third kappa shape index (κ3) is 17.8. The van der Waals surface area contributed by atoms with E-state index in [4.69, 9.17) is 0 Å². The van der Waals surface area contributed by atoms with Crippen LogP contribution < -0.4 is 31.9 Å². The summed E-state index contributed by atoms with van der Waals surface area (Å²) < 4.78 is 73.4. The highest BCUT2D eigenvalue weighted by Crippen LogP contribution is 2.27. The Morgan fingerprint density at radius 3 is 1.36 bits per heavy atom. The van der Waals surface area contributed by atoms with E-state index in [1.54, 1.807) is 62.0 Å². The third-order valence-corrected chi connectivity index (χ3v) is 18.8. The third-order valence-electron chi connectivity index (χ3n) is 15.0. The number of sulfonamides is 2. The number of hydrogen-bond donors (Lipinski definition) is 6. The number of carbonyl (C=O) groups is 5. The zero-order chi connectivity index (χ0) is 57.8. The molecule has 0 bridgehead atoms. The number of nitrogens with zero attached hydrogens (tertiary/aromatic N) is 4. The van der Waals surface area contributed by atoms with Gasteiger partial charge in [0.05, 0.1) is 21.9 Å². The summed E-state index contributed by atoms with van der Waals surface area (Å²) >= 11 is 0. The number of benzene rings is 4.